The van der Waals surface area contributed by atoms with Gasteiger partial charge in [0.25, 0.3) is 0 Å². The lowest BCUT2D eigenvalue weighted by molar-refractivity contribution is 0.287. The minimum atomic E-state index is 0.501. The van der Waals surface area contributed by atoms with Crippen LogP contribution in [0.1, 0.15) is 53.4 Å². The lowest BCUT2D eigenvalue weighted by Gasteiger charge is -2.31. The van der Waals surface area contributed by atoms with E-state index < -0.39 is 0 Å². The summed E-state index contributed by atoms with van der Waals surface area (Å²) in [6.07, 6.45) is 5.34. The van der Waals surface area contributed by atoms with E-state index >= 15 is 0 Å². The summed E-state index contributed by atoms with van der Waals surface area (Å²) in [5.74, 6) is 1.32. The zero-order valence-electron chi connectivity index (χ0n) is 10.8. The van der Waals surface area contributed by atoms with E-state index in [4.69, 9.17) is 0 Å². The fraction of sp³-hybridized carbons (Fsp3) is 1.00. The van der Waals surface area contributed by atoms with Crippen molar-refractivity contribution in [1.82, 2.24) is 5.32 Å². The smallest absolute Gasteiger partial charge is 0.0237 e. The van der Waals surface area contributed by atoms with Gasteiger partial charge in [-0.05, 0) is 43.4 Å². The van der Waals surface area contributed by atoms with Crippen LogP contribution in [0, 0.1) is 5.41 Å². The normalized spacial score (nSPS) is 29.6. The molecule has 0 heterocycles. The highest BCUT2D eigenvalue weighted by Gasteiger charge is 2.41. The van der Waals surface area contributed by atoms with Crippen LogP contribution in [0.5, 0.6) is 0 Å². The Bertz CT molecular complexity index is 179. The van der Waals surface area contributed by atoms with Crippen LogP contribution in [-0.4, -0.2) is 23.6 Å². The molecule has 2 heteroatoms. The van der Waals surface area contributed by atoms with Crippen molar-refractivity contribution >= 4 is 11.8 Å². The van der Waals surface area contributed by atoms with Gasteiger partial charge >= 0.3 is 0 Å². The van der Waals surface area contributed by atoms with Crippen molar-refractivity contribution in [2.24, 2.45) is 5.41 Å². The second-order valence-corrected chi connectivity index (χ2v) is 6.72. The minimum absolute atomic E-state index is 0.501. The molecule has 0 aromatic carbocycles. The molecule has 0 aliphatic heterocycles. The molecule has 0 bridgehead atoms. The zero-order valence-corrected chi connectivity index (χ0v) is 11.6. The third kappa shape index (κ3) is 3.67. The number of hydrogen-bond donors (Lipinski definition) is 1. The van der Waals surface area contributed by atoms with Crippen molar-refractivity contribution in [3.05, 3.63) is 0 Å². The van der Waals surface area contributed by atoms with Gasteiger partial charge in [-0.15, -0.1) is 0 Å². The SMILES string of the molecule is CCCNC1C(SCCC)CCC1(C)C. The van der Waals surface area contributed by atoms with E-state index in [0.717, 1.165) is 11.3 Å². The quantitative estimate of drug-likeness (QED) is 0.745. The van der Waals surface area contributed by atoms with Crippen LogP contribution in [0.4, 0.5) is 0 Å². The lowest BCUT2D eigenvalue weighted by atomic mass is 9.87. The Morgan fingerprint density at radius 3 is 2.60 bits per heavy atom. The van der Waals surface area contributed by atoms with Gasteiger partial charge in [-0.3, -0.25) is 0 Å². The molecule has 0 radical (unpaired) electrons. The van der Waals surface area contributed by atoms with Crippen molar-refractivity contribution in [1.29, 1.82) is 0 Å². The third-order valence-corrected chi connectivity index (χ3v) is 5.02. The van der Waals surface area contributed by atoms with Gasteiger partial charge in [0.05, 0.1) is 0 Å². The fourth-order valence-corrected chi connectivity index (χ4v) is 3.98. The van der Waals surface area contributed by atoms with Gasteiger partial charge < -0.3 is 5.32 Å². The Morgan fingerprint density at radius 2 is 2.00 bits per heavy atom. The highest BCUT2D eigenvalue weighted by Crippen LogP contribution is 2.42. The van der Waals surface area contributed by atoms with E-state index in [0.29, 0.717) is 5.41 Å². The van der Waals surface area contributed by atoms with E-state index in [1.807, 2.05) is 0 Å². The molecule has 1 fully saturated rings. The number of rotatable bonds is 6. The molecule has 1 aliphatic rings. The number of hydrogen-bond acceptors (Lipinski definition) is 2. The molecule has 0 saturated heterocycles. The maximum atomic E-state index is 3.76. The highest BCUT2D eigenvalue weighted by molar-refractivity contribution is 7.99. The molecule has 15 heavy (non-hydrogen) atoms. The van der Waals surface area contributed by atoms with Gasteiger partial charge in [0.15, 0.2) is 0 Å². The predicted octanol–water partition coefficient (Wildman–Crippen LogP) is 3.69. The molecule has 1 aliphatic carbocycles. The standard InChI is InChI=1S/C13H27NS/c1-5-9-14-12-11(15-10-6-2)7-8-13(12,3)4/h11-12,14H,5-10H2,1-4H3. The van der Waals surface area contributed by atoms with Crippen molar-refractivity contribution in [3.8, 4) is 0 Å². The van der Waals surface area contributed by atoms with Crippen LogP contribution in [0.25, 0.3) is 0 Å². The second kappa shape index (κ2) is 6.15. The van der Waals surface area contributed by atoms with Gasteiger partial charge in [0.2, 0.25) is 0 Å². The highest BCUT2D eigenvalue weighted by atomic mass is 32.2. The summed E-state index contributed by atoms with van der Waals surface area (Å²) in [7, 11) is 0. The number of thioether (sulfide) groups is 1. The Kier molecular flexibility index (Phi) is 5.48. The summed E-state index contributed by atoms with van der Waals surface area (Å²) >= 11 is 2.18. The van der Waals surface area contributed by atoms with E-state index in [9.17, 15) is 0 Å². The number of nitrogens with one attached hydrogen (secondary N) is 1. The van der Waals surface area contributed by atoms with Gasteiger partial charge in [0.1, 0.15) is 0 Å². The summed E-state index contributed by atoms with van der Waals surface area (Å²) in [5, 5.41) is 4.61. The average Bonchev–Trinajstić information content (AvgIpc) is 2.48. The van der Waals surface area contributed by atoms with Crippen molar-refractivity contribution in [2.45, 2.75) is 64.7 Å². The first-order chi connectivity index (χ1) is 7.11. The first-order valence-corrected chi connectivity index (χ1v) is 7.51. The van der Waals surface area contributed by atoms with E-state index in [1.54, 1.807) is 0 Å². The summed E-state index contributed by atoms with van der Waals surface area (Å²) < 4.78 is 0. The zero-order chi connectivity index (χ0) is 11.3. The van der Waals surface area contributed by atoms with E-state index in [2.05, 4.69) is 44.8 Å². The molecule has 2 atom stereocenters. The lowest BCUT2D eigenvalue weighted by Crippen LogP contribution is -2.43. The third-order valence-electron chi connectivity index (χ3n) is 3.44. The van der Waals surface area contributed by atoms with Crippen molar-refractivity contribution in [3.63, 3.8) is 0 Å². The molecule has 0 spiro atoms. The molecule has 1 rings (SSSR count). The minimum Gasteiger partial charge on any atom is -0.312 e. The summed E-state index contributed by atoms with van der Waals surface area (Å²) in [5.41, 5.74) is 0.501. The second-order valence-electron chi connectivity index (χ2n) is 5.37. The van der Waals surface area contributed by atoms with Crippen molar-refractivity contribution in [2.75, 3.05) is 12.3 Å². The molecule has 0 aromatic heterocycles. The average molecular weight is 229 g/mol. The van der Waals surface area contributed by atoms with Crippen LogP contribution in [0.2, 0.25) is 0 Å². The molecule has 0 aromatic rings. The first-order valence-electron chi connectivity index (χ1n) is 6.46. The largest absolute Gasteiger partial charge is 0.312 e. The van der Waals surface area contributed by atoms with Crippen LogP contribution in [-0.2, 0) is 0 Å². The van der Waals surface area contributed by atoms with Crippen LogP contribution >= 0.6 is 11.8 Å². The molecule has 90 valence electrons. The van der Waals surface area contributed by atoms with Gasteiger partial charge in [0, 0.05) is 11.3 Å². The van der Waals surface area contributed by atoms with Crippen molar-refractivity contribution < 1.29 is 0 Å². The van der Waals surface area contributed by atoms with Gasteiger partial charge in [-0.25, -0.2) is 0 Å². The summed E-state index contributed by atoms with van der Waals surface area (Å²) in [6.45, 7) is 10.6. The molecule has 1 nitrogen and oxygen atoms in total. The topological polar surface area (TPSA) is 12.0 Å². The molecular formula is C13H27NS. The van der Waals surface area contributed by atoms with Crippen LogP contribution < -0.4 is 5.32 Å². The van der Waals surface area contributed by atoms with Crippen LogP contribution in [0.15, 0.2) is 0 Å². The van der Waals surface area contributed by atoms with Crippen LogP contribution in [0.3, 0.4) is 0 Å². The van der Waals surface area contributed by atoms with Gasteiger partial charge in [-0.1, -0.05) is 27.7 Å². The monoisotopic (exact) mass is 229 g/mol. The Labute approximate surface area is 99.8 Å². The predicted molar refractivity (Wildman–Crippen MR) is 71.6 cm³/mol. The molecular weight excluding hydrogens is 202 g/mol. The maximum absolute atomic E-state index is 3.76. The fourth-order valence-electron chi connectivity index (χ4n) is 2.50. The molecule has 1 saturated carbocycles. The van der Waals surface area contributed by atoms with E-state index in [1.165, 1.54) is 38.0 Å². The molecule has 0 amide bonds. The van der Waals surface area contributed by atoms with E-state index in [-0.39, 0.29) is 0 Å². The van der Waals surface area contributed by atoms with Gasteiger partial charge in [-0.2, -0.15) is 11.8 Å². The summed E-state index contributed by atoms with van der Waals surface area (Å²) in [4.78, 5) is 0. The Hall–Kier alpha value is 0.310. The molecule has 1 N–H and O–H groups in total. The molecule has 2 unspecified atom stereocenters. The first kappa shape index (κ1) is 13.4. The Balaban J connectivity index is 2.48. The summed E-state index contributed by atoms with van der Waals surface area (Å²) in [6, 6.07) is 0.731. The maximum Gasteiger partial charge on any atom is 0.0237 e. The Morgan fingerprint density at radius 1 is 1.27 bits per heavy atom.